The number of nitrogens with one attached hydrogen (secondary N) is 1. The second-order valence-corrected chi connectivity index (χ2v) is 6.04. The first-order valence-corrected chi connectivity index (χ1v) is 8.06. The van der Waals surface area contributed by atoms with Gasteiger partial charge in [0.05, 0.1) is 10.7 Å². The molecule has 0 unspecified atom stereocenters. The standard InChI is InChI=1S/C14H25N3S/c1-3-14-16-13(11-18-14)10-15-9-12-5-7-17(4-2)8-6-12/h11-12,15H,3-10H2,1-2H3. The van der Waals surface area contributed by atoms with Gasteiger partial charge in [-0.15, -0.1) is 11.3 Å². The van der Waals surface area contributed by atoms with Gasteiger partial charge in [0.1, 0.15) is 0 Å². The fourth-order valence-electron chi connectivity index (χ4n) is 2.50. The average Bonchev–Trinajstić information content (AvgIpc) is 2.87. The molecule has 0 spiro atoms. The minimum absolute atomic E-state index is 0.858. The number of likely N-dealkylation sites (tertiary alicyclic amines) is 1. The van der Waals surface area contributed by atoms with Crippen molar-refractivity contribution in [2.75, 3.05) is 26.2 Å². The van der Waals surface area contributed by atoms with Gasteiger partial charge in [-0.3, -0.25) is 0 Å². The largest absolute Gasteiger partial charge is 0.311 e. The number of aryl methyl sites for hydroxylation is 1. The van der Waals surface area contributed by atoms with Gasteiger partial charge in [0, 0.05) is 11.9 Å². The summed E-state index contributed by atoms with van der Waals surface area (Å²) in [4.78, 5) is 7.13. The molecule has 3 nitrogen and oxygen atoms in total. The molecular formula is C14H25N3S. The lowest BCUT2D eigenvalue weighted by molar-refractivity contribution is 0.190. The van der Waals surface area contributed by atoms with Crippen molar-refractivity contribution in [1.29, 1.82) is 0 Å². The summed E-state index contributed by atoms with van der Waals surface area (Å²) in [5.74, 6) is 0.858. The van der Waals surface area contributed by atoms with Gasteiger partial charge in [0.15, 0.2) is 0 Å². The van der Waals surface area contributed by atoms with Gasteiger partial charge < -0.3 is 10.2 Å². The summed E-state index contributed by atoms with van der Waals surface area (Å²) in [6.45, 7) is 10.3. The summed E-state index contributed by atoms with van der Waals surface area (Å²) in [5, 5.41) is 7.01. The molecule has 1 aliphatic rings. The van der Waals surface area contributed by atoms with Crippen molar-refractivity contribution in [2.24, 2.45) is 5.92 Å². The maximum absolute atomic E-state index is 4.58. The van der Waals surface area contributed by atoms with Crippen LogP contribution in [0.15, 0.2) is 5.38 Å². The molecule has 18 heavy (non-hydrogen) atoms. The van der Waals surface area contributed by atoms with E-state index in [-0.39, 0.29) is 0 Å². The summed E-state index contributed by atoms with van der Waals surface area (Å²) in [6, 6.07) is 0. The van der Waals surface area contributed by atoms with E-state index >= 15 is 0 Å². The zero-order valence-electron chi connectivity index (χ0n) is 11.6. The molecular weight excluding hydrogens is 242 g/mol. The Hall–Kier alpha value is -0.450. The van der Waals surface area contributed by atoms with E-state index in [0.717, 1.165) is 25.4 Å². The number of rotatable bonds is 6. The maximum Gasteiger partial charge on any atom is 0.0926 e. The summed E-state index contributed by atoms with van der Waals surface area (Å²) in [7, 11) is 0. The minimum Gasteiger partial charge on any atom is -0.311 e. The normalized spacial score (nSPS) is 18.3. The zero-order chi connectivity index (χ0) is 12.8. The number of thiazole rings is 1. The summed E-state index contributed by atoms with van der Waals surface area (Å²) >= 11 is 1.78. The molecule has 2 rings (SSSR count). The molecule has 102 valence electrons. The lowest BCUT2D eigenvalue weighted by Gasteiger charge is -2.31. The highest BCUT2D eigenvalue weighted by molar-refractivity contribution is 7.09. The molecule has 1 saturated heterocycles. The molecule has 0 aliphatic carbocycles. The third kappa shape index (κ3) is 4.04. The second kappa shape index (κ2) is 7.22. The van der Waals surface area contributed by atoms with E-state index in [4.69, 9.17) is 0 Å². The summed E-state index contributed by atoms with van der Waals surface area (Å²) < 4.78 is 0. The third-order valence-electron chi connectivity index (χ3n) is 3.80. The maximum atomic E-state index is 4.58. The minimum atomic E-state index is 0.858. The second-order valence-electron chi connectivity index (χ2n) is 5.09. The predicted octanol–water partition coefficient (Wildman–Crippen LogP) is 2.53. The molecule has 0 aromatic carbocycles. The molecule has 1 aromatic rings. The van der Waals surface area contributed by atoms with E-state index in [1.54, 1.807) is 11.3 Å². The van der Waals surface area contributed by atoms with Crippen LogP contribution >= 0.6 is 11.3 Å². The van der Waals surface area contributed by atoms with Crippen LogP contribution in [0.3, 0.4) is 0 Å². The molecule has 1 aliphatic heterocycles. The van der Waals surface area contributed by atoms with Crippen molar-refractivity contribution in [3.8, 4) is 0 Å². The average molecular weight is 267 g/mol. The van der Waals surface area contributed by atoms with Crippen molar-refractivity contribution < 1.29 is 0 Å². The van der Waals surface area contributed by atoms with Gasteiger partial charge in [0.2, 0.25) is 0 Å². The Bertz CT molecular complexity index is 343. The smallest absolute Gasteiger partial charge is 0.0926 e. The number of nitrogens with zero attached hydrogens (tertiary/aromatic N) is 2. The molecule has 0 bridgehead atoms. The molecule has 2 heterocycles. The van der Waals surface area contributed by atoms with Crippen molar-refractivity contribution in [3.63, 3.8) is 0 Å². The van der Waals surface area contributed by atoms with E-state index < -0.39 is 0 Å². The molecule has 1 aromatic heterocycles. The fraction of sp³-hybridized carbons (Fsp3) is 0.786. The molecule has 1 N–H and O–H groups in total. The van der Waals surface area contributed by atoms with Crippen LogP contribution in [0, 0.1) is 5.92 Å². The summed E-state index contributed by atoms with van der Waals surface area (Å²) in [6.07, 6.45) is 3.75. The fourth-order valence-corrected chi connectivity index (χ4v) is 3.25. The highest BCUT2D eigenvalue weighted by atomic mass is 32.1. The van der Waals surface area contributed by atoms with Crippen molar-refractivity contribution in [3.05, 3.63) is 16.1 Å². The number of piperidine rings is 1. The topological polar surface area (TPSA) is 28.2 Å². The Morgan fingerprint density at radius 2 is 2.17 bits per heavy atom. The van der Waals surface area contributed by atoms with Crippen LogP contribution in [-0.4, -0.2) is 36.1 Å². The van der Waals surface area contributed by atoms with Crippen LogP contribution in [-0.2, 0) is 13.0 Å². The Morgan fingerprint density at radius 1 is 1.39 bits per heavy atom. The number of hydrogen-bond acceptors (Lipinski definition) is 4. The van der Waals surface area contributed by atoms with Crippen LogP contribution in [0.2, 0.25) is 0 Å². The van der Waals surface area contributed by atoms with E-state index in [1.807, 2.05) is 0 Å². The van der Waals surface area contributed by atoms with Gasteiger partial charge in [-0.1, -0.05) is 13.8 Å². The van der Waals surface area contributed by atoms with Gasteiger partial charge >= 0.3 is 0 Å². The van der Waals surface area contributed by atoms with Crippen LogP contribution in [0.1, 0.15) is 37.4 Å². The SMILES string of the molecule is CCc1nc(CNCC2CCN(CC)CC2)cs1. The first-order chi connectivity index (χ1) is 8.81. The quantitative estimate of drug-likeness (QED) is 0.858. The van der Waals surface area contributed by atoms with Crippen molar-refractivity contribution >= 4 is 11.3 Å². The first-order valence-electron chi connectivity index (χ1n) is 7.18. The van der Waals surface area contributed by atoms with Gasteiger partial charge in [-0.2, -0.15) is 0 Å². The lowest BCUT2D eigenvalue weighted by Crippen LogP contribution is -2.36. The summed E-state index contributed by atoms with van der Waals surface area (Å²) in [5.41, 5.74) is 1.21. The number of aromatic nitrogens is 1. The van der Waals surface area contributed by atoms with E-state index in [0.29, 0.717) is 0 Å². The molecule has 4 heteroatoms. The predicted molar refractivity (Wildman–Crippen MR) is 78.0 cm³/mol. The molecule has 0 atom stereocenters. The van der Waals surface area contributed by atoms with Gasteiger partial charge in [-0.05, 0) is 51.4 Å². The zero-order valence-corrected chi connectivity index (χ0v) is 12.4. The first kappa shape index (κ1) is 14.0. The molecule has 0 radical (unpaired) electrons. The van der Waals surface area contributed by atoms with Gasteiger partial charge in [-0.25, -0.2) is 4.98 Å². The van der Waals surface area contributed by atoms with Gasteiger partial charge in [0.25, 0.3) is 0 Å². The van der Waals surface area contributed by atoms with Crippen LogP contribution < -0.4 is 5.32 Å². The monoisotopic (exact) mass is 267 g/mol. The van der Waals surface area contributed by atoms with Crippen LogP contribution in [0.25, 0.3) is 0 Å². The highest BCUT2D eigenvalue weighted by Gasteiger charge is 2.17. The Kier molecular flexibility index (Phi) is 5.60. The van der Waals surface area contributed by atoms with E-state index in [1.165, 1.54) is 43.2 Å². The lowest BCUT2D eigenvalue weighted by atomic mass is 9.97. The third-order valence-corrected chi connectivity index (χ3v) is 4.84. The Labute approximate surface area is 115 Å². The van der Waals surface area contributed by atoms with Crippen LogP contribution in [0.5, 0.6) is 0 Å². The Balaban J connectivity index is 1.63. The number of hydrogen-bond donors (Lipinski definition) is 1. The molecule has 0 saturated carbocycles. The Morgan fingerprint density at radius 3 is 2.78 bits per heavy atom. The molecule has 1 fully saturated rings. The molecule has 0 amide bonds. The highest BCUT2D eigenvalue weighted by Crippen LogP contribution is 2.16. The van der Waals surface area contributed by atoms with E-state index in [2.05, 4.69) is 34.4 Å². The van der Waals surface area contributed by atoms with Crippen molar-refractivity contribution in [1.82, 2.24) is 15.2 Å². The van der Waals surface area contributed by atoms with Crippen LogP contribution in [0.4, 0.5) is 0 Å². The van der Waals surface area contributed by atoms with Crippen molar-refractivity contribution in [2.45, 2.75) is 39.7 Å². The van der Waals surface area contributed by atoms with E-state index in [9.17, 15) is 0 Å².